The summed E-state index contributed by atoms with van der Waals surface area (Å²) in [5.74, 6) is 0.914. The highest BCUT2D eigenvalue weighted by atomic mass is 15.1. The van der Waals surface area contributed by atoms with E-state index in [-0.39, 0.29) is 0 Å². The molecule has 2 aromatic carbocycles. The molecule has 0 amide bonds. The molecule has 222 valence electrons. The SMILES string of the molecule is C=CCCCCc1ccc(CC)cc1.CC.CCCCCCc1ccc(CCCN2CCC(C)C2)cc1.CN. The first-order valence-electron chi connectivity index (χ1n) is 16.2. The maximum atomic E-state index is 4.50. The first-order chi connectivity index (χ1) is 19.1. The molecule has 1 saturated heterocycles. The topological polar surface area (TPSA) is 29.3 Å². The van der Waals surface area contributed by atoms with Crippen molar-refractivity contribution in [2.75, 3.05) is 26.7 Å². The predicted molar refractivity (Wildman–Crippen MR) is 178 cm³/mol. The van der Waals surface area contributed by atoms with Crippen LogP contribution < -0.4 is 5.73 Å². The Bertz CT molecular complexity index is 778. The van der Waals surface area contributed by atoms with Gasteiger partial charge in [0.1, 0.15) is 0 Å². The number of nitrogens with two attached hydrogens (primary N) is 1. The number of likely N-dealkylation sites (tertiary alicyclic amines) is 1. The first kappa shape index (κ1) is 37.1. The molecule has 1 heterocycles. The average molecular weight is 537 g/mol. The van der Waals surface area contributed by atoms with Crippen LogP contribution in [0, 0.1) is 5.92 Å². The third-order valence-corrected chi connectivity index (χ3v) is 7.34. The monoisotopic (exact) mass is 537 g/mol. The van der Waals surface area contributed by atoms with E-state index >= 15 is 0 Å². The zero-order valence-electron chi connectivity index (χ0n) is 26.8. The summed E-state index contributed by atoms with van der Waals surface area (Å²) in [5.41, 5.74) is 10.4. The maximum Gasteiger partial charge on any atom is 0.000750 e. The highest BCUT2D eigenvalue weighted by molar-refractivity contribution is 5.23. The molecule has 1 aliphatic rings. The number of rotatable bonds is 15. The fourth-order valence-corrected chi connectivity index (χ4v) is 4.92. The van der Waals surface area contributed by atoms with Gasteiger partial charge in [-0.05, 0) is 113 Å². The van der Waals surface area contributed by atoms with Crippen LogP contribution in [0.25, 0.3) is 0 Å². The molecule has 1 unspecified atom stereocenters. The van der Waals surface area contributed by atoms with Crippen molar-refractivity contribution in [2.45, 2.75) is 118 Å². The van der Waals surface area contributed by atoms with Crippen molar-refractivity contribution in [3.05, 3.63) is 83.4 Å². The van der Waals surface area contributed by atoms with E-state index in [1.165, 1.54) is 120 Å². The van der Waals surface area contributed by atoms with Crippen LogP contribution in [0.4, 0.5) is 0 Å². The predicted octanol–water partition coefficient (Wildman–Crippen LogP) is 9.83. The summed E-state index contributed by atoms with van der Waals surface area (Å²) in [6.45, 7) is 18.5. The number of unbranched alkanes of at least 4 members (excludes halogenated alkanes) is 5. The molecular weight excluding hydrogens is 472 g/mol. The number of hydrogen-bond donors (Lipinski definition) is 1. The Labute approximate surface area is 244 Å². The molecule has 1 atom stereocenters. The molecule has 2 N–H and O–H groups in total. The van der Waals surface area contributed by atoms with Crippen molar-refractivity contribution in [1.82, 2.24) is 4.90 Å². The Balaban J connectivity index is 0.000000698. The van der Waals surface area contributed by atoms with Crippen LogP contribution in [0.15, 0.2) is 61.2 Å². The van der Waals surface area contributed by atoms with E-state index in [0.29, 0.717) is 0 Å². The van der Waals surface area contributed by atoms with Crippen molar-refractivity contribution >= 4 is 0 Å². The minimum Gasteiger partial charge on any atom is -0.333 e. The molecule has 1 fully saturated rings. The molecule has 0 radical (unpaired) electrons. The summed E-state index contributed by atoms with van der Waals surface area (Å²) in [5, 5.41) is 0. The maximum absolute atomic E-state index is 4.50. The van der Waals surface area contributed by atoms with Gasteiger partial charge in [0, 0.05) is 6.54 Å². The van der Waals surface area contributed by atoms with E-state index in [9.17, 15) is 0 Å². The summed E-state index contributed by atoms with van der Waals surface area (Å²) >= 11 is 0. The van der Waals surface area contributed by atoms with Crippen LogP contribution in [0.2, 0.25) is 0 Å². The molecule has 2 nitrogen and oxygen atoms in total. The Morgan fingerprint density at radius 1 is 0.744 bits per heavy atom. The summed E-state index contributed by atoms with van der Waals surface area (Å²) in [4.78, 5) is 2.63. The quantitative estimate of drug-likeness (QED) is 0.181. The zero-order chi connectivity index (χ0) is 29.1. The van der Waals surface area contributed by atoms with Crippen molar-refractivity contribution < 1.29 is 0 Å². The summed E-state index contributed by atoms with van der Waals surface area (Å²) in [6.07, 6.45) is 18.7. The van der Waals surface area contributed by atoms with Crippen molar-refractivity contribution in [2.24, 2.45) is 11.7 Å². The van der Waals surface area contributed by atoms with Gasteiger partial charge in [0.25, 0.3) is 0 Å². The van der Waals surface area contributed by atoms with Gasteiger partial charge in [0.15, 0.2) is 0 Å². The number of allylic oxidation sites excluding steroid dienone is 1. The Morgan fingerprint density at radius 3 is 1.67 bits per heavy atom. The zero-order valence-corrected chi connectivity index (χ0v) is 26.8. The largest absolute Gasteiger partial charge is 0.333 e. The van der Waals surface area contributed by atoms with Gasteiger partial charge in [-0.25, -0.2) is 0 Å². The second-order valence-corrected chi connectivity index (χ2v) is 10.6. The van der Waals surface area contributed by atoms with Gasteiger partial charge >= 0.3 is 0 Å². The van der Waals surface area contributed by atoms with Crippen molar-refractivity contribution in [3.8, 4) is 0 Å². The molecule has 0 spiro atoms. The van der Waals surface area contributed by atoms with Crippen LogP contribution in [-0.4, -0.2) is 31.6 Å². The molecule has 2 heteroatoms. The van der Waals surface area contributed by atoms with Crippen molar-refractivity contribution in [3.63, 3.8) is 0 Å². The molecule has 39 heavy (non-hydrogen) atoms. The van der Waals surface area contributed by atoms with Gasteiger partial charge in [-0.1, -0.05) is 108 Å². The second kappa shape index (κ2) is 26.3. The van der Waals surface area contributed by atoms with Gasteiger partial charge in [-0.3, -0.25) is 0 Å². The fraction of sp³-hybridized carbons (Fsp3) is 0.622. The van der Waals surface area contributed by atoms with Crippen LogP contribution in [0.1, 0.15) is 115 Å². The number of benzene rings is 2. The first-order valence-corrected chi connectivity index (χ1v) is 16.2. The molecule has 1 aliphatic heterocycles. The lowest BCUT2D eigenvalue weighted by Crippen LogP contribution is -2.21. The smallest absolute Gasteiger partial charge is 0.000750 e. The third kappa shape index (κ3) is 18.9. The van der Waals surface area contributed by atoms with E-state index in [1.807, 2.05) is 19.9 Å². The second-order valence-electron chi connectivity index (χ2n) is 10.6. The van der Waals surface area contributed by atoms with Crippen LogP contribution in [0.3, 0.4) is 0 Å². The third-order valence-electron chi connectivity index (χ3n) is 7.34. The van der Waals surface area contributed by atoms with Crippen LogP contribution in [-0.2, 0) is 25.7 Å². The lowest BCUT2D eigenvalue weighted by atomic mass is 10.0. The van der Waals surface area contributed by atoms with Crippen molar-refractivity contribution in [1.29, 1.82) is 0 Å². The van der Waals surface area contributed by atoms with Crippen LogP contribution in [0.5, 0.6) is 0 Å². The Hall–Kier alpha value is -1.90. The Kier molecular flexibility index (Phi) is 25.0. The molecule has 0 aromatic heterocycles. The minimum absolute atomic E-state index is 0.914. The molecule has 0 bridgehead atoms. The highest BCUT2D eigenvalue weighted by Crippen LogP contribution is 2.16. The standard InChI is InChI=1S/C20H33N.C14H20.C2H6.CH5N/c1-3-4-5-6-8-19-10-12-20(13-11-19)9-7-15-21-16-14-18(2)17-21;1-3-5-6-7-8-14-11-9-13(4-2)10-12-14;2*1-2/h10-13,18H,3-9,14-17H2,1-2H3;3,9-12H,1,4-8H2,2H3;1-2H3;2H2,1H3. The van der Waals surface area contributed by atoms with Gasteiger partial charge < -0.3 is 10.6 Å². The number of nitrogens with zero attached hydrogens (tertiary/aromatic N) is 1. The van der Waals surface area contributed by atoms with Gasteiger partial charge in [-0.2, -0.15) is 0 Å². The van der Waals surface area contributed by atoms with Crippen LogP contribution >= 0.6 is 0 Å². The fourth-order valence-electron chi connectivity index (χ4n) is 4.92. The summed E-state index contributed by atoms with van der Waals surface area (Å²) in [7, 11) is 1.50. The summed E-state index contributed by atoms with van der Waals surface area (Å²) < 4.78 is 0. The minimum atomic E-state index is 0.914. The lowest BCUT2D eigenvalue weighted by molar-refractivity contribution is 0.323. The van der Waals surface area contributed by atoms with E-state index < -0.39 is 0 Å². The normalized spacial score (nSPS) is 14.3. The molecule has 3 rings (SSSR count). The van der Waals surface area contributed by atoms with Gasteiger partial charge in [0.05, 0.1) is 0 Å². The van der Waals surface area contributed by atoms with E-state index in [1.54, 1.807) is 0 Å². The average Bonchev–Trinajstić information content (AvgIpc) is 3.41. The van der Waals surface area contributed by atoms with E-state index in [0.717, 1.165) is 18.8 Å². The summed E-state index contributed by atoms with van der Waals surface area (Å²) in [6, 6.07) is 18.4. The molecule has 2 aromatic rings. The number of aryl methyl sites for hydroxylation is 4. The van der Waals surface area contributed by atoms with E-state index in [4.69, 9.17) is 0 Å². The van der Waals surface area contributed by atoms with E-state index in [2.05, 4.69) is 86.5 Å². The van der Waals surface area contributed by atoms with Gasteiger partial charge in [0.2, 0.25) is 0 Å². The lowest BCUT2D eigenvalue weighted by Gasteiger charge is -2.14. The Morgan fingerprint density at radius 2 is 1.23 bits per heavy atom. The highest BCUT2D eigenvalue weighted by Gasteiger charge is 2.17. The number of hydrogen-bond acceptors (Lipinski definition) is 2. The molecule has 0 saturated carbocycles. The molecular formula is C37H64N2. The van der Waals surface area contributed by atoms with Gasteiger partial charge in [-0.15, -0.1) is 6.58 Å². The molecule has 0 aliphatic carbocycles.